The predicted octanol–water partition coefficient (Wildman–Crippen LogP) is 5.34. The third kappa shape index (κ3) is 5.31. The minimum Gasteiger partial charge on any atom is -0.478 e. The fourth-order valence-corrected chi connectivity index (χ4v) is 3.35. The van der Waals surface area contributed by atoms with Gasteiger partial charge < -0.3 is 14.9 Å². The van der Waals surface area contributed by atoms with Crippen molar-refractivity contribution in [2.24, 2.45) is 0 Å². The summed E-state index contributed by atoms with van der Waals surface area (Å²) >= 11 is 0. The zero-order chi connectivity index (χ0) is 24.9. The molecule has 4 aromatic rings. The smallest absolute Gasteiger partial charge is 0.335 e. The normalized spacial score (nSPS) is 10.4. The van der Waals surface area contributed by atoms with Crippen LogP contribution in [0.1, 0.15) is 52.6 Å². The maximum atomic E-state index is 12.6. The molecule has 0 bridgehead atoms. The maximum absolute atomic E-state index is 12.6. The van der Waals surface area contributed by atoms with Crippen LogP contribution < -0.4 is 4.74 Å². The summed E-state index contributed by atoms with van der Waals surface area (Å²) in [6.07, 6.45) is 0. The number of rotatable bonds is 8. The second-order valence-corrected chi connectivity index (χ2v) is 7.57. The summed E-state index contributed by atoms with van der Waals surface area (Å²) in [6, 6.07) is 24.4. The number of hydrogen-bond donors (Lipinski definition) is 2. The van der Waals surface area contributed by atoms with Gasteiger partial charge in [-0.1, -0.05) is 24.3 Å². The van der Waals surface area contributed by atoms with E-state index in [4.69, 9.17) is 14.9 Å². The molecule has 0 aliphatic heterocycles. The SMILES string of the molecule is O=C(O)c1ccc(C(=O)c2ccc(Oc3ccc(C(=O)c4ccc(C(=O)O)cc4)cc3)cc2)cc1. The van der Waals surface area contributed by atoms with E-state index in [0.29, 0.717) is 33.8 Å². The van der Waals surface area contributed by atoms with Gasteiger partial charge in [0, 0.05) is 22.3 Å². The molecule has 2 N–H and O–H groups in total. The molecule has 0 amide bonds. The van der Waals surface area contributed by atoms with Crippen molar-refractivity contribution < 1.29 is 34.1 Å². The first-order chi connectivity index (χ1) is 16.8. The Labute approximate surface area is 199 Å². The molecule has 4 aromatic carbocycles. The third-order valence-electron chi connectivity index (χ3n) is 5.26. The average molecular weight is 466 g/mol. The van der Waals surface area contributed by atoms with Gasteiger partial charge >= 0.3 is 11.9 Å². The highest BCUT2D eigenvalue weighted by atomic mass is 16.5. The van der Waals surface area contributed by atoms with E-state index in [0.717, 1.165) is 0 Å². The van der Waals surface area contributed by atoms with Crippen LogP contribution in [0.5, 0.6) is 11.5 Å². The van der Waals surface area contributed by atoms with Crippen molar-refractivity contribution in [3.8, 4) is 11.5 Å². The highest BCUT2D eigenvalue weighted by Gasteiger charge is 2.12. The van der Waals surface area contributed by atoms with Gasteiger partial charge in [0.1, 0.15) is 11.5 Å². The second-order valence-electron chi connectivity index (χ2n) is 7.57. The van der Waals surface area contributed by atoms with Crippen molar-refractivity contribution in [1.82, 2.24) is 0 Å². The lowest BCUT2D eigenvalue weighted by atomic mass is 10.0. The number of ether oxygens (including phenoxy) is 1. The molecule has 172 valence electrons. The van der Waals surface area contributed by atoms with Gasteiger partial charge in [-0.2, -0.15) is 0 Å². The summed E-state index contributed by atoms with van der Waals surface area (Å²) in [5, 5.41) is 17.9. The highest BCUT2D eigenvalue weighted by Crippen LogP contribution is 2.24. The van der Waals surface area contributed by atoms with Crippen molar-refractivity contribution in [3.05, 3.63) is 130 Å². The van der Waals surface area contributed by atoms with E-state index < -0.39 is 11.9 Å². The fraction of sp³-hybridized carbons (Fsp3) is 0. The molecule has 0 radical (unpaired) electrons. The van der Waals surface area contributed by atoms with Crippen LogP contribution in [-0.4, -0.2) is 33.7 Å². The Balaban J connectivity index is 1.41. The van der Waals surface area contributed by atoms with E-state index in [1.165, 1.54) is 48.5 Å². The number of carboxylic acids is 2. The quantitative estimate of drug-likeness (QED) is 0.337. The molecule has 35 heavy (non-hydrogen) atoms. The number of ketones is 2. The molecule has 0 saturated heterocycles. The lowest BCUT2D eigenvalue weighted by molar-refractivity contribution is 0.0686. The van der Waals surface area contributed by atoms with E-state index >= 15 is 0 Å². The van der Waals surface area contributed by atoms with Crippen LogP contribution in [0.3, 0.4) is 0 Å². The third-order valence-corrected chi connectivity index (χ3v) is 5.26. The number of carboxylic acid groups (broad SMARTS) is 2. The highest BCUT2D eigenvalue weighted by molar-refractivity contribution is 6.10. The maximum Gasteiger partial charge on any atom is 0.335 e. The van der Waals surface area contributed by atoms with Crippen molar-refractivity contribution in [1.29, 1.82) is 0 Å². The summed E-state index contributed by atoms with van der Waals surface area (Å²) in [6.45, 7) is 0. The number of carbonyl (C=O) groups excluding carboxylic acids is 2. The fourth-order valence-electron chi connectivity index (χ4n) is 3.35. The van der Waals surface area contributed by atoms with E-state index in [1.807, 2.05) is 0 Å². The zero-order valence-electron chi connectivity index (χ0n) is 18.2. The van der Waals surface area contributed by atoms with Crippen LogP contribution >= 0.6 is 0 Å². The van der Waals surface area contributed by atoms with Crippen molar-refractivity contribution in [3.63, 3.8) is 0 Å². The lowest BCUT2D eigenvalue weighted by Gasteiger charge is -2.08. The monoisotopic (exact) mass is 466 g/mol. The lowest BCUT2D eigenvalue weighted by Crippen LogP contribution is -2.03. The molecule has 7 heteroatoms. The molecule has 0 heterocycles. The standard InChI is InChI=1S/C28H18O7/c29-25(17-1-5-21(6-2-17)27(31)32)19-9-13-23(14-10-19)35-24-15-11-20(12-16-24)26(30)18-3-7-22(8-4-18)28(33)34/h1-16H,(H,31,32)(H,33,34). The van der Waals surface area contributed by atoms with Gasteiger partial charge in [0.05, 0.1) is 11.1 Å². The molecular formula is C28H18O7. The van der Waals surface area contributed by atoms with Crippen LogP contribution in [-0.2, 0) is 0 Å². The van der Waals surface area contributed by atoms with E-state index in [9.17, 15) is 19.2 Å². The summed E-state index contributed by atoms with van der Waals surface area (Å²) in [4.78, 5) is 47.1. The Kier molecular flexibility index (Phi) is 6.50. The largest absolute Gasteiger partial charge is 0.478 e. The average Bonchev–Trinajstić information content (AvgIpc) is 2.89. The Bertz CT molecular complexity index is 1290. The predicted molar refractivity (Wildman–Crippen MR) is 127 cm³/mol. The minimum absolute atomic E-state index is 0.106. The van der Waals surface area contributed by atoms with E-state index in [-0.39, 0.29) is 22.7 Å². The molecule has 4 rings (SSSR count). The molecule has 0 fully saturated rings. The first-order valence-corrected chi connectivity index (χ1v) is 10.5. The van der Waals surface area contributed by atoms with Gasteiger partial charge in [-0.05, 0) is 72.8 Å². The van der Waals surface area contributed by atoms with Crippen LogP contribution in [0.25, 0.3) is 0 Å². The molecular weight excluding hydrogens is 448 g/mol. The summed E-state index contributed by atoms with van der Waals surface area (Å²) in [5.74, 6) is -1.62. The summed E-state index contributed by atoms with van der Waals surface area (Å²) < 4.78 is 5.79. The van der Waals surface area contributed by atoms with Crippen molar-refractivity contribution in [2.45, 2.75) is 0 Å². The molecule has 0 aliphatic carbocycles. The summed E-state index contributed by atoms with van der Waals surface area (Å²) in [7, 11) is 0. The molecule has 0 unspecified atom stereocenters. The molecule has 0 aliphatic rings. The van der Waals surface area contributed by atoms with Gasteiger partial charge in [-0.25, -0.2) is 9.59 Å². The molecule has 0 spiro atoms. The molecule has 0 saturated carbocycles. The number of aromatic carboxylic acids is 2. The Morgan fingerprint density at radius 2 is 0.629 bits per heavy atom. The zero-order valence-corrected chi connectivity index (χ0v) is 18.2. The molecule has 7 nitrogen and oxygen atoms in total. The van der Waals surface area contributed by atoms with Crippen molar-refractivity contribution >= 4 is 23.5 Å². The number of benzene rings is 4. The van der Waals surface area contributed by atoms with Crippen LogP contribution in [0, 0.1) is 0 Å². The number of carbonyl (C=O) groups is 4. The van der Waals surface area contributed by atoms with E-state index in [2.05, 4.69) is 0 Å². The van der Waals surface area contributed by atoms with Gasteiger partial charge in [-0.15, -0.1) is 0 Å². The first kappa shape index (κ1) is 23.1. The van der Waals surface area contributed by atoms with Gasteiger partial charge in [-0.3, -0.25) is 9.59 Å². The topological polar surface area (TPSA) is 118 Å². The Hall–Kier alpha value is -5.04. The Morgan fingerprint density at radius 1 is 0.400 bits per heavy atom. The van der Waals surface area contributed by atoms with Gasteiger partial charge in [0.15, 0.2) is 11.6 Å². The van der Waals surface area contributed by atoms with Crippen LogP contribution in [0.2, 0.25) is 0 Å². The van der Waals surface area contributed by atoms with Gasteiger partial charge in [0.25, 0.3) is 0 Å². The second kappa shape index (κ2) is 9.84. The van der Waals surface area contributed by atoms with Crippen LogP contribution in [0.15, 0.2) is 97.1 Å². The van der Waals surface area contributed by atoms with Crippen LogP contribution in [0.4, 0.5) is 0 Å². The van der Waals surface area contributed by atoms with E-state index in [1.54, 1.807) is 48.5 Å². The Morgan fingerprint density at radius 3 is 0.886 bits per heavy atom. The first-order valence-electron chi connectivity index (χ1n) is 10.5. The summed E-state index contributed by atoms with van der Waals surface area (Å²) in [5.41, 5.74) is 1.82. The molecule has 0 aromatic heterocycles. The van der Waals surface area contributed by atoms with Gasteiger partial charge in [0.2, 0.25) is 0 Å². The minimum atomic E-state index is -1.06. The molecule has 0 atom stereocenters. The number of hydrogen-bond acceptors (Lipinski definition) is 5. The van der Waals surface area contributed by atoms with Crippen molar-refractivity contribution in [2.75, 3.05) is 0 Å².